The predicted octanol–water partition coefficient (Wildman–Crippen LogP) is 2.53. The molecule has 0 N–H and O–H groups in total. The van der Waals surface area contributed by atoms with Gasteiger partial charge in [0.2, 0.25) is 0 Å². The van der Waals surface area contributed by atoms with E-state index >= 15 is 0 Å². The van der Waals surface area contributed by atoms with Crippen molar-refractivity contribution in [3.05, 3.63) is 29.8 Å². The molecule has 1 amide bonds. The molecule has 0 aromatic heterocycles. The van der Waals surface area contributed by atoms with E-state index in [2.05, 4.69) is 10.1 Å². The highest BCUT2D eigenvalue weighted by Crippen LogP contribution is 2.22. The van der Waals surface area contributed by atoms with E-state index in [1.54, 1.807) is 4.90 Å². The molecule has 121 valence electrons. The zero-order valence-electron chi connectivity index (χ0n) is 11.8. The van der Waals surface area contributed by atoms with Gasteiger partial charge in [-0.2, -0.15) is 0 Å². The van der Waals surface area contributed by atoms with Crippen LogP contribution < -0.4 is 10.1 Å². The third-order valence-corrected chi connectivity index (χ3v) is 3.05. The molecule has 1 saturated heterocycles. The Morgan fingerprint density at radius 3 is 2.59 bits per heavy atom. The van der Waals surface area contributed by atoms with E-state index in [1.807, 2.05) is 0 Å². The number of benzene rings is 1. The molecule has 2 rings (SSSR count). The third kappa shape index (κ3) is 5.44. The summed E-state index contributed by atoms with van der Waals surface area (Å²) in [5.74, 6) is -0.309. The van der Waals surface area contributed by atoms with E-state index in [0.29, 0.717) is 25.2 Å². The summed E-state index contributed by atoms with van der Waals surface area (Å²) in [5.41, 5.74) is 0.586. The molecule has 1 aliphatic rings. The highest BCUT2D eigenvalue weighted by atomic mass is 19.4. The number of hydrogen-bond donors (Lipinski definition) is 0. The average molecular weight is 317 g/mol. The van der Waals surface area contributed by atoms with Gasteiger partial charge in [0.25, 0.3) is 0 Å². The molecule has 0 saturated carbocycles. The summed E-state index contributed by atoms with van der Waals surface area (Å²) in [7, 11) is 0. The minimum absolute atomic E-state index is 0.00122. The van der Waals surface area contributed by atoms with Crippen molar-refractivity contribution in [3.8, 4) is 5.75 Å². The Bertz CT molecular complexity index is 483. The van der Waals surface area contributed by atoms with Crippen molar-refractivity contribution >= 4 is 6.09 Å². The van der Waals surface area contributed by atoms with E-state index in [1.165, 1.54) is 24.3 Å². The molecule has 22 heavy (non-hydrogen) atoms. The first-order chi connectivity index (χ1) is 10.4. The van der Waals surface area contributed by atoms with Gasteiger partial charge in [-0.15, -0.1) is 13.2 Å². The Balaban J connectivity index is 1.82. The van der Waals surface area contributed by atoms with Gasteiger partial charge in [0.1, 0.15) is 12.4 Å². The molecule has 5 nitrogen and oxygen atoms in total. The highest BCUT2D eigenvalue weighted by molar-refractivity contribution is 5.67. The molecule has 0 aliphatic carbocycles. The molecule has 0 unspecified atom stereocenters. The zero-order chi connectivity index (χ0) is 16.0. The lowest BCUT2D eigenvalue weighted by atomic mass is 10.2. The van der Waals surface area contributed by atoms with Crippen LogP contribution in [0.2, 0.25) is 0 Å². The number of amides is 1. The molecule has 0 spiro atoms. The molecule has 1 aromatic carbocycles. The minimum Gasteiger partial charge on any atom is -0.445 e. The summed E-state index contributed by atoms with van der Waals surface area (Å²) in [6.45, 7) is 2.46. The van der Waals surface area contributed by atoms with Crippen molar-refractivity contribution in [3.63, 3.8) is 0 Å². The van der Waals surface area contributed by atoms with Crippen molar-refractivity contribution in [2.45, 2.75) is 19.4 Å². The Labute approximate surface area is 126 Å². The number of ether oxygens (including phenoxy) is 2. The molecular formula is C14H16F3N2O3. The molecule has 0 bridgehead atoms. The van der Waals surface area contributed by atoms with Gasteiger partial charge in [0.05, 0.1) is 0 Å². The van der Waals surface area contributed by atoms with Gasteiger partial charge < -0.3 is 14.4 Å². The van der Waals surface area contributed by atoms with Crippen molar-refractivity contribution < 1.29 is 27.4 Å². The van der Waals surface area contributed by atoms with Crippen LogP contribution >= 0.6 is 0 Å². The van der Waals surface area contributed by atoms with Gasteiger partial charge in [-0.25, -0.2) is 10.1 Å². The van der Waals surface area contributed by atoms with E-state index in [0.717, 1.165) is 13.0 Å². The topological polar surface area (TPSA) is 52.9 Å². The van der Waals surface area contributed by atoms with E-state index < -0.39 is 12.5 Å². The second-order valence-electron chi connectivity index (χ2n) is 4.76. The fourth-order valence-corrected chi connectivity index (χ4v) is 1.99. The van der Waals surface area contributed by atoms with Crippen LogP contribution in [-0.4, -0.2) is 43.5 Å². The van der Waals surface area contributed by atoms with Crippen LogP contribution in [0.3, 0.4) is 0 Å². The van der Waals surface area contributed by atoms with Crippen molar-refractivity contribution in [2.24, 2.45) is 0 Å². The smallest absolute Gasteiger partial charge is 0.445 e. The van der Waals surface area contributed by atoms with Gasteiger partial charge in [-0.05, 0) is 24.1 Å². The Morgan fingerprint density at radius 2 is 1.91 bits per heavy atom. The fourth-order valence-electron chi connectivity index (χ4n) is 1.99. The Hall–Kier alpha value is -1.96. The van der Waals surface area contributed by atoms with E-state index in [-0.39, 0.29) is 12.4 Å². The zero-order valence-corrected chi connectivity index (χ0v) is 11.8. The van der Waals surface area contributed by atoms with E-state index in [4.69, 9.17) is 4.74 Å². The molecule has 1 heterocycles. The second-order valence-corrected chi connectivity index (χ2v) is 4.76. The normalized spacial score (nSPS) is 16.0. The number of alkyl halides is 3. The van der Waals surface area contributed by atoms with Gasteiger partial charge in [0, 0.05) is 26.2 Å². The van der Waals surface area contributed by atoms with Crippen molar-refractivity contribution in [2.75, 3.05) is 26.2 Å². The summed E-state index contributed by atoms with van der Waals surface area (Å²) in [6.07, 6.45) is -4.35. The lowest BCUT2D eigenvalue weighted by Gasteiger charge is -2.19. The van der Waals surface area contributed by atoms with Gasteiger partial charge >= 0.3 is 12.5 Å². The fraction of sp³-hybridized carbons (Fsp3) is 0.500. The largest absolute Gasteiger partial charge is 0.573 e. The average Bonchev–Trinajstić information content (AvgIpc) is 2.74. The number of nitrogens with zero attached hydrogens (tertiary/aromatic N) is 2. The maximum absolute atomic E-state index is 12.0. The van der Waals surface area contributed by atoms with Crippen LogP contribution in [-0.2, 0) is 11.3 Å². The molecule has 8 heteroatoms. The second kappa shape index (κ2) is 7.35. The number of rotatable bonds is 3. The number of carbonyl (C=O) groups is 1. The van der Waals surface area contributed by atoms with Crippen molar-refractivity contribution in [1.29, 1.82) is 0 Å². The first-order valence-electron chi connectivity index (χ1n) is 6.84. The predicted molar refractivity (Wildman–Crippen MR) is 71.4 cm³/mol. The quantitative estimate of drug-likeness (QED) is 0.861. The number of hydrogen-bond acceptors (Lipinski definition) is 3. The van der Waals surface area contributed by atoms with Crippen LogP contribution in [0.15, 0.2) is 24.3 Å². The third-order valence-electron chi connectivity index (χ3n) is 3.05. The summed E-state index contributed by atoms with van der Waals surface area (Å²) in [4.78, 5) is 13.4. The molecule has 1 radical (unpaired) electrons. The summed E-state index contributed by atoms with van der Waals surface area (Å²) in [5, 5.41) is 4.21. The molecule has 1 fully saturated rings. The van der Waals surface area contributed by atoms with Gasteiger partial charge in [-0.1, -0.05) is 12.1 Å². The van der Waals surface area contributed by atoms with Crippen LogP contribution in [0.25, 0.3) is 0 Å². The summed E-state index contributed by atoms with van der Waals surface area (Å²) in [6, 6.07) is 5.21. The van der Waals surface area contributed by atoms with Gasteiger partial charge in [0.15, 0.2) is 0 Å². The number of carbonyl (C=O) groups excluding carboxylic acids is 1. The van der Waals surface area contributed by atoms with Crippen LogP contribution in [0.5, 0.6) is 5.75 Å². The number of halogens is 3. The van der Waals surface area contributed by atoms with Crippen molar-refractivity contribution in [1.82, 2.24) is 10.2 Å². The summed E-state index contributed by atoms with van der Waals surface area (Å²) < 4.78 is 45.0. The lowest BCUT2D eigenvalue weighted by molar-refractivity contribution is -0.274. The molecule has 1 aliphatic heterocycles. The standard InChI is InChI=1S/C14H16F3N2O3/c15-14(16,17)22-12-4-2-11(3-5-12)10-21-13(20)19-8-1-6-18-7-9-19/h2-5H,1,6-10H2. The first-order valence-corrected chi connectivity index (χ1v) is 6.84. The lowest BCUT2D eigenvalue weighted by Crippen LogP contribution is -2.34. The van der Waals surface area contributed by atoms with Crippen LogP contribution in [0.1, 0.15) is 12.0 Å². The molecular weight excluding hydrogens is 301 g/mol. The minimum atomic E-state index is -4.72. The Morgan fingerprint density at radius 1 is 1.18 bits per heavy atom. The SMILES string of the molecule is O=C(OCc1ccc(OC(F)(F)F)cc1)N1CCC[N]CC1. The van der Waals surface area contributed by atoms with E-state index in [9.17, 15) is 18.0 Å². The van der Waals surface area contributed by atoms with Gasteiger partial charge in [-0.3, -0.25) is 0 Å². The first kappa shape index (κ1) is 16.4. The maximum Gasteiger partial charge on any atom is 0.573 e. The maximum atomic E-state index is 12.0. The summed E-state index contributed by atoms with van der Waals surface area (Å²) >= 11 is 0. The molecule has 1 aromatic rings. The highest BCUT2D eigenvalue weighted by Gasteiger charge is 2.30. The molecule has 0 atom stereocenters. The van der Waals surface area contributed by atoms with Crippen LogP contribution in [0.4, 0.5) is 18.0 Å². The van der Waals surface area contributed by atoms with Crippen LogP contribution in [0, 0.1) is 0 Å². The Kier molecular flexibility index (Phi) is 5.48. The monoisotopic (exact) mass is 317 g/mol.